The summed E-state index contributed by atoms with van der Waals surface area (Å²) in [5.74, 6) is 0.788. The number of ether oxygens (including phenoxy) is 2. The molecule has 27 heavy (non-hydrogen) atoms. The molecule has 0 spiro atoms. The number of unbranched alkanes of at least 4 members (excludes halogenated alkanes) is 9. The van der Waals surface area contributed by atoms with Crippen LogP contribution in [0.1, 0.15) is 71.1 Å². The predicted octanol–water partition coefficient (Wildman–Crippen LogP) is 6.08. The summed E-state index contributed by atoms with van der Waals surface area (Å²) in [5.41, 5.74) is 0.853. The molecule has 154 valence electrons. The molecule has 5 nitrogen and oxygen atoms in total. The summed E-state index contributed by atoms with van der Waals surface area (Å²) in [7, 11) is 0. The number of hydrogen-bond donors (Lipinski definition) is 1. The Morgan fingerprint density at radius 3 is 2.04 bits per heavy atom. The normalized spacial score (nSPS) is 11.3. The van der Waals surface area contributed by atoms with Gasteiger partial charge in [-0.05, 0) is 30.7 Å². The number of azo groups is 1. The van der Waals surface area contributed by atoms with Crippen LogP contribution in [0.25, 0.3) is 0 Å². The van der Waals surface area contributed by atoms with E-state index < -0.39 is 0 Å². The van der Waals surface area contributed by atoms with Crippen LogP contribution in [0.4, 0.5) is 5.69 Å². The van der Waals surface area contributed by atoms with Crippen molar-refractivity contribution in [2.75, 3.05) is 33.0 Å². The monoisotopic (exact) mass is 378 g/mol. The van der Waals surface area contributed by atoms with Crippen LogP contribution in [-0.4, -0.2) is 38.1 Å². The molecule has 0 atom stereocenters. The van der Waals surface area contributed by atoms with Crippen molar-refractivity contribution < 1.29 is 14.6 Å². The Morgan fingerprint density at radius 1 is 0.778 bits per heavy atom. The molecule has 0 fully saturated rings. The molecule has 0 amide bonds. The zero-order chi connectivity index (χ0) is 19.4. The molecule has 0 saturated carbocycles. The topological polar surface area (TPSA) is 63.4 Å². The van der Waals surface area contributed by atoms with Gasteiger partial charge in [-0.1, -0.05) is 64.7 Å². The Labute approximate surface area is 165 Å². The Kier molecular flexibility index (Phi) is 15.7. The summed E-state index contributed by atoms with van der Waals surface area (Å²) in [6.07, 6.45) is 13.4. The molecule has 0 aromatic heterocycles. The fraction of sp³-hybridized carbons (Fsp3) is 0.727. The van der Waals surface area contributed by atoms with Gasteiger partial charge in [-0.2, -0.15) is 10.2 Å². The van der Waals surface area contributed by atoms with E-state index in [4.69, 9.17) is 14.6 Å². The molecule has 1 aromatic carbocycles. The average molecular weight is 379 g/mol. The van der Waals surface area contributed by atoms with Crippen molar-refractivity contribution in [1.29, 1.82) is 0 Å². The average Bonchev–Trinajstić information content (AvgIpc) is 2.70. The van der Waals surface area contributed by atoms with E-state index in [9.17, 15) is 0 Å². The minimum Gasteiger partial charge on any atom is -0.491 e. The molecule has 0 aliphatic rings. The molecular formula is C22H38N2O3. The zero-order valence-electron chi connectivity index (χ0n) is 17.1. The maximum atomic E-state index is 8.61. The predicted molar refractivity (Wildman–Crippen MR) is 111 cm³/mol. The van der Waals surface area contributed by atoms with Gasteiger partial charge in [0.25, 0.3) is 0 Å². The lowest BCUT2D eigenvalue weighted by Gasteiger charge is -2.06. The molecular weight excluding hydrogens is 340 g/mol. The first kappa shape index (κ1) is 23.6. The molecule has 0 bridgehead atoms. The zero-order valence-corrected chi connectivity index (χ0v) is 17.1. The summed E-state index contributed by atoms with van der Waals surface area (Å²) in [4.78, 5) is 0. The van der Waals surface area contributed by atoms with Crippen LogP contribution in [0, 0.1) is 0 Å². The third kappa shape index (κ3) is 14.3. The fourth-order valence-corrected chi connectivity index (χ4v) is 2.80. The van der Waals surface area contributed by atoms with Gasteiger partial charge in [-0.15, -0.1) is 0 Å². The highest BCUT2D eigenvalue weighted by molar-refractivity contribution is 5.40. The molecule has 0 aliphatic heterocycles. The SMILES string of the molecule is CCCCCCCCCCCCN=Nc1ccc(OCCOCCO)cc1. The van der Waals surface area contributed by atoms with E-state index in [0.29, 0.717) is 19.8 Å². The van der Waals surface area contributed by atoms with Gasteiger partial charge in [-0.3, -0.25) is 0 Å². The Hall–Kier alpha value is -1.46. The van der Waals surface area contributed by atoms with Gasteiger partial charge in [0.1, 0.15) is 12.4 Å². The van der Waals surface area contributed by atoms with Crippen LogP contribution < -0.4 is 4.74 Å². The smallest absolute Gasteiger partial charge is 0.119 e. The van der Waals surface area contributed by atoms with Crippen LogP contribution in [0.15, 0.2) is 34.5 Å². The highest BCUT2D eigenvalue weighted by atomic mass is 16.5. The summed E-state index contributed by atoms with van der Waals surface area (Å²) in [5, 5.41) is 17.2. The second-order valence-electron chi connectivity index (χ2n) is 6.83. The highest BCUT2D eigenvalue weighted by Crippen LogP contribution is 2.18. The Bertz CT molecular complexity index is 463. The Morgan fingerprint density at radius 2 is 1.41 bits per heavy atom. The molecule has 5 heteroatoms. The van der Waals surface area contributed by atoms with E-state index in [1.807, 2.05) is 24.3 Å². The van der Waals surface area contributed by atoms with Crippen molar-refractivity contribution in [3.63, 3.8) is 0 Å². The van der Waals surface area contributed by atoms with E-state index >= 15 is 0 Å². The van der Waals surface area contributed by atoms with Gasteiger partial charge >= 0.3 is 0 Å². The van der Waals surface area contributed by atoms with Crippen LogP contribution in [-0.2, 0) is 4.74 Å². The molecule has 1 N–H and O–H groups in total. The van der Waals surface area contributed by atoms with Crippen molar-refractivity contribution in [1.82, 2.24) is 0 Å². The summed E-state index contributed by atoms with van der Waals surface area (Å²) in [6.45, 7) is 4.40. The number of aliphatic hydroxyl groups excluding tert-OH is 1. The summed E-state index contributed by atoms with van der Waals surface area (Å²) in [6, 6.07) is 7.60. The Balaban J connectivity index is 1.99. The first-order valence-corrected chi connectivity index (χ1v) is 10.7. The molecule has 0 heterocycles. The quantitative estimate of drug-likeness (QED) is 0.249. The lowest BCUT2D eigenvalue weighted by atomic mass is 10.1. The van der Waals surface area contributed by atoms with Gasteiger partial charge in [0, 0.05) is 0 Å². The van der Waals surface area contributed by atoms with Crippen LogP contribution in [0.5, 0.6) is 5.75 Å². The van der Waals surface area contributed by atoms with E-state index in [1.54, 1.807) is 0 Å². The van der Waals surface area contributed by atoms with Gasteiger partial charge in [0.2, 0.25) is 0 Å². The number of hydrogen-bond acceptors (Lipinski definition) is 5. The van der Waals surface area contributed by atoms with E-state index in [2.05, 4.69) is 17.2 Å². The van der Waals surface area contributed by atoms with Gasteiger partial charge in [-0.25, -0.2) is 0 Å². The third-order valence-corrected chi connectivity index (χ3v) is 4.37. The van der Waals surface area contributed by atoms with Crippen LogP contribution in [0.2, 0.25) is 0 Å². The lowest BCUT2D eigenvalue weighted by molar-refractivity contribution is 0.0705. The highest BCUT2D eigenvalue weighted by Gasteiger charge is 1.96. The van der Waals surface area contributed by atoms with Crippen molar-refractivity contribution in [3.8, 4) is 5.75 Å². The van der Waals surface area contributed by atoms with Crippen LogP contribution in [0.3, 0.4) is 0 Å². The molecule has 0 radical (unpaired) electrons. The minimum absolute atomic E-state index is 0.0405. The molecule has 0 aliphatic carbocycles. The maximum Gasteiger partial charge on any atom is 0.119 e. The summed E-state index contributed by atoms with van der Waals surface area (Å²) >= 11 is 0. The van der Waals surface area contributed by atoms with Crippen molar-refractivity contribution in [2.24, 2.45) is 10.2 Å². The number of rotatable bonds is 18. The second kappa shape index (κ2) is 17.9. The number of aliphatic hydroxyl groups is 1. The van der Waals surface area contributed by atoms with Crippen LogP contribution >= 0.6 is 0 Å². The van der Waals surface area contributed by atoms with Gasteiger partial charge < -0.3 is 14.6 Å². The van der Waals surface area contributed by atoms with E-state index in [-0.39, 0.29) is 6.61 Å². The lowest BCUT2D eigenvalue weighted by Crippen LogP contribution is -2.08. The first-order valence-electron chi connectivity index (χ1n) is 10.7. The minimum atomic E-state index is 0.0405. The van der Waals surface area contributed by atoms with Gasteiger partial charge in [0.05, 0.1) is 32.1 Å². The molecule has 0 saturated heterocycles. The maximum absolute atomic E-state index is 8.61. The fourth-order valence-electron chi connectivity index (χ4n) is 2.80. The van der Waals surface area contributed by atoms with E-state index in [1.165, 1.54) is 57.8 Å². The number of nitrogens with zero attached hydrogens (tertiary/aromatic N) is 2. The van der Waals surface area contributed by atoms with Crippen molar-refractivity contribution in [2.45, 2.75) is 71.1 Å². The third-order valence-electron chi connectivity index (χ3n) is 4.37. The molecule has 1 aromatic rings. The van der Waals surface area contributed by atoms with Gasteiger partial charge in [0.15, 0.2) is 0 Å². The summed E-state index contributed by atoms with van der Waals surface area (Å²) < 4.78 is 10.7. The second-order valence-corrected chi connectivity index (χ2v) is 6.83. The molecule has 1 rings (SSSR count). The van der Waals surface area contributed by atoms with Crippen molar-refractivity contribution >= 4 is 5.69 Å². The molecule has 0 unspecified atom stereocenters. The van der Waals surface area contributed by atoms with Crippen molar-refractivity contribution in [3.05, 3.63) is 24.3 Å². The largest absolute Gasteiger partial charge is 0.491 e. The standard InChI is InChI=1S/C22H38N2O3/c1-2-3-4-5-6-7-8-9-10-11-16-23-24-21-12-14-22(15-13-21)27-20-19-26-18-17-25/h12-15,25H,2-11,16-20H2,1H3. The number of benzene rings is 1. The first-order chi connectivity index (χ1) is 13.4. The van der Waals surface area contributed by atoms with E-state index in [0.717, 1.165) is 24.4 Å².